The molecule has 0 radical (unpaired) electrons. The Morgan fingerprint density at radius 2 is 2.12 bits per heavy atom. The van der Waals surface area contributed by atoms with Crippen LogP contribution in [-0.2, 0) is 11.2 Å². The van der Waals surface area contributed by atoms with Gasteiger partial charge in [0, 0.05) is 48.5 Å². The van der Waals surface area contributed by atoms with E-state index < -0.39 is 0 Å². The van der Waals surface area contributed by atoms with Crippen LogP contribution in [0.2, 0.25) is 10.0 Å². The van der Waals surface area contributed by atoms with Crippen LogP contribution in [-0.4, -0.2) is 53.8 Å². The molecule has 8 nitrogen and oxygen atoms in total. The van der Waals surface area contributed by atoms with E-state index in [1.807, 2.05) is 6.92 Å². The third-order valence-electron chi connectivity index (χ3n) is 5.65. The summed E-state index contributed by atoms with van der Waals surface area (Å²) in [7, 11) is 0. The van der Waals surface area contributed by atoms with E-state index in [4.69, 9.17) is 38.5 Å². The second-order valence-corrected chi connectivity index (χ2v) is 8.60. The quantitative estimate of drug-likeness (QED) is 0.705. The number of nitrogens with two attached hydrogens (primary N) is 1. The van der Waals surface area contributed by atoms with Gasteiger partial charge in [0.25, 0.3) is 5.91 Å². The topological polar surface area (TPSA) is 114 Å². The molecule has 10 heteroatoms. The minimum Gasteiger partial charge on any atom is -0.402 e. The predicted octanol–water partition coefficient (Wildman–Crippen LogP) is 2.84. The van der Waals surface area contributed by atoms with Crippen LogP contribution in [0.1, 0.15) is 35.0 Å². The summed E-state index contributed by atoms with van der Waals surface area (Å²) >= 11 is 12.1. The lowest BCUT2D eigenvalue weighted by Gasteiger charge is -2.30. The monoisotopic (exact) mass is 475 g/mol. The first-order valence-corrected chi connectivity index (χ1v) is 11.1. The standard InChI is InChI=1S/C22H23Cl2N5O3/c1-2-26-21(30)13-7-14-11-32-28-19(14)20(27-9-13)15-10-29(6-5-18(15)25)22(31)12-3-4-16(23)17(24)8-12/h3-4,8,11,13H,2,5-7,9-10,25H2,1H3,(H,26,30). The van der Waals surface area contributed by atoms with Crippen molar-refractivity contribution < 1.29 is 14.1 Å². The Hall–Kier alpha value is -2.84. The number of amides is 2. The van der Waals surface area contributed by atoms with Gasteiger partial charge in [0.1, 0.15) is 12.0 Å². The molecule has 3 heterocycles. The number of nitrogens with one attached hydrogen (secondary N) is 1. The van der Waals surface area contributed by atoms with Crippen LogP contribution in [0.25, 0.3) is 0 Å². The fourth-order valence-corrected chi connectivity index (χ4v) is 4.22. The Kier molecular flexibility index (Phi) is 6.53. The second-order valence-electron chi connectivity index (χ2n) is 7.78. The molecule has 0 saturated carbocycles. The zero-order valence-corrected chi connectivity index (χ0v) is 19.0. The van der Waals surface area contributed by atoms with Gasteiger partial charge in [-0.3, -0.25) is 14.6 Å². The first-order chi connectivity index (χ1) is 15.4. The SMILES string of the molecule is CCNC(=O)C1CN=C(C2=C(N)CCN(C(=O)c3ccc(Cl)c(Cl)c3)C2)c2nocc2C1. The van der Waals surface area contributed by atoms with Gasteiger partial charge >= 0.3 is 0 Å². The summed E-state index contributed by atoms with van der Waals surface area (Å²) in [4.78, 5) is 31.9. The van der Waals surface area contributed by atoms with Crippen molar-refractivity contribution in [3.63, 3.8) is 0 Å². The van der Waals surface area contributed by atoms with Gasteiger partial charge in [-0.2, -0.15) is 0 Å². The summed E-state index contributed by atoms with van der Waals surface area (Å²) in [6.45, 7) is 3.46. The Labute approximate surface area is 195 Å². The number of aromatic nitrogens is 1. The molecule has 1 aromatic carbocycles. The number of fused-ring (bicyclic) bond motifs is 1. The Bertz CT molecular complexity index is 1120. The molecule has 1 atom stereocenters. The molecule has 4 rings (SSSR count). The molecular formula is C22H23Cl2N5O3. The summed E-state index contributed by atoms with van der Waals surface area (Å²) < 4.78 is 5.20. The molecule has 1 aromatic heterocycles. The lowest BCUT2D eigenvalue weighted by molar-refractivity contribution is -0.124. The third kappa shape index (κ3) is 4.38. The lowest BCUT2D eigenvalue weighted by Crippen LogP contribution is -2.40. The minimum atomic E-state index is -0.329. The van der Waals surface area contributed by atoms with Crippen LogP contribution in [0.15, 0.2) is 45.2 Å². The molecule has 2 aliphatic rings. The van der Waals surface area contributed by atoms with E-state index in [0.717, 1.165) is 11.1 Å². The van der Waals surface area contributed by atoms with Gasteiger partial charge in [0.15, 0.2) is 0 Å². The van der Waals surface area contributed by atoms with Gasteiger partial charge < -0.3 is 20.5 Å². The summed E-state index contributed by atoms with van der Waals surface area (Å²) in [5.74, 6) is -0.569. The number of rotatable bonds is 4. The number of hydrogen-bond acceptors (Lipinski definition) is 6. The highest BCUT2D eigenvalue weighted by Crippen LogP contribution is 2.28. The summed E-state index contributed by atoms with van der Waals surface area (Å²) in [6, 6.07) is 4.81. The van der Waals surface area contributed by atoms with Crippen LogP contribution >= 0.6 is 23.2 Å². The normalized spacial score (nSPS) is 18.7. The van der Waals surface area contributed by atoms with Crippen molar-refractivity contribution in [1.82, 2.24) is 15.4 Å². The van der Waals surface area contributed by atoms with E-state index >= 15 is 0 Å². The summed E-state index contributed by atoms with van der Waals surface area (Å²) in [6.07, 6.45) is 2.51. The van der Waals surface area contributed by atoms with Crippen molar-refractivity contribution in [2.45, 2.75) is 19.8 Å². The number of carbonyl (C=O) groups excluding carboxylic acids is 2. The Balaban J connectivity index is 1.62. The van der Waals surface area contributed by atoms with Crippen LogP contribution in [0, 0.1) is 5.92 Å². The molecule has 2 aromatic rings. The van der Waals surface area contributed by atoms with Crippen molar-refractivity contribution in [3.05, 3.63) is 62.6 Å². The number of benzene rings is 1. The Morgan fingerprint density at radius 3 is 2.88 bits per heavy atom. The average Bonchev–Trinajstić information content (AvgIpc) is 3.16. The predicted molar refractivity (Wildman–Crippen MR) is 122 cm³/mol. The molecule has 0 fully saturated rings. The Morgan fingerprint density at radius 1 is 1.31 bits per heavy atom. The van der Waals surface area contributed by atoms with Crippen LogP contribution in [0.3, 0.4) is 0 Å². The molecule has 2 aliphatic heterocycles. The first-order valence-electron chi connectivity index (χ1n) is 10.4. The number of hydrogen-bond donors (Lipinski definition) is 2. The maximum Gasteiger partial charge on any atom is 0.254 e. The zero-order chi connectivity index (χ0) is 22.8. The van der Waals surface area contributed by atoms with Crippen molar-refractivity contribution >= 4 is 40.7 Å². The van der Waals surface area contributed by atoms with Gasteiger partial charge in [-0.25, -0.2) is 0 Å². The highest BCUT2D eigenvalue weighted by molar-refractivity contribution is 6.42. The fraction of sp³-hybridized carbons (Fsp3) is 0.364. The largest absolute Gasteiger partial charge is 0.402 e. The number of carbonyl (C=O) groups is 2. The maximum atomic E-state index is 13.1. The highest BCUT2D eigenvalue weighted by Gasteiger charge is 2.32. The minimum absolute atomic E-state index is 0.0633. The molecule has 0 aliphatic carbocycles. The molecule has 0 bridgehead atoms. The van der Waals surface area contributed by atoms with Crippen molar-refractivity contribution in [1.29, 1.82) is 0 Å². The second kappa shape index (κ2) is 9.34. The van der Waals surface area contributed by atoms with E-state index in [1.54, 1.807) is 29.4 Å². The molecule has 0 spiro atoms. The highest BCUT2D eigenvalue weighted by atomic mass is 35.5. The molecular weight excluding hydrogens is 453 g/mol. The smallest absolute Gasteiger partial charge is 0.254 e. The van der Waals surface area contributed by atoms with Crippen molar-refractivity contribution in [3.8, 4) is 0 Å². The summed E-state index contributed by atoms with van der Waals surface area (Å²) in [5.41, 5.74) is 10.1. The molecule has 0 saturated heterocycles. The number of nitrogens with zero attached hydrogens (tertiary/aromatic N) is 3. The number of aliphatic imine (C=N–C) groups is 1. The molecule has 3 N–H and O–H groups in total. The van der Waals surface area contributed by atoms with E-state index in [9.17, 15) is 9.59 Å². The lowest BCUT2D eigenvalue weighted by atomic mass is 9.95. The first kappa shape index (κ1) is 22.4. The van der Waals surface area contributed by atoms with Crippen molar-refractivity contribution in [2.24, 2.45) is 16.6 Å². The van der Waals surface area contributed by atoms with Crippen molar-refractivity contribution in [2.75, 3.05) is 26.2 Å². The third-order valence-corrected chi connectivity index (χ3v) is 6.39. The molecule has 2 amide bonds. The van der Waals surface area contributed by atoms with E-state index in [1.165, 1.54) is 0 Å². The van der Waals surface area contributed by atoms with E-state index in [0.29, 0.717) is 65.2 Å². The fourth-order valence-electron chi connectivity index (χ4n) is 3.93. The van der Waals surface area contributed by atoms with Crippen LogP contribution < -0.4 is 11.1 Å². The van der Waals surface area contributed by atoms with Gasteiger partial charge in [-0.1, -0.05) is 28.4 Å². The molecule has 168 valence electrons. The van der Waals surface area contributed by atoms with Gasteiger partial charge in [-0.15, -0.1) is 0 Å². The van der Waals surface area contributed by atoms with Crippen LogP contribution in [0.4, 0.5) is 0 Å². The van der Waals surface area contributed by atoms with E-state index in [-0.39, 0.29) is 24.3 Å². The van der Waals surface area contributed by atoms with Crippen LogP contribution in [0.5, 0.6) is 0 Å². The zero-order valence-electron chi connectivity index (χ0n) is 17.5. The summed E-state index contributed by atoms with van der Waals surface area (Å²) in [5, 5.41) is 7.69. The maximum absolute atomic E-state index is 13.1. The molecule has 32 heavy (non-hydrogen) atoms. The molecule has 1 unspecified atom stereocenters. The van der Waals surface area contributed by atoms with E-state index in [2.05, 4.69) is 10.5 Å². The van der Waals surface area contributed by atoms with Gasteiger partial charge in [0.05, 0.1) is 28.2 Å². The number of halogens is 2. The van der Waals surface area contributed by atoms with Gasteiger partial charge in [-0.05, 0) is 31.5 Å². The average molecular weight is 476 g/mol. The van der Waals surface area contributed by atoms with Gasteiger partial charge in [0.2, 0.25) is 5.91 Å².